The van der Waals surface area contributed by atoms with Gasteiger partial charge in [0.1, 0.15) is 0 Å². The van der Waals surface area contributed by atoms with Gasteiger partial charge in [-0.25, -0.2) is 0 Å². The molecule has 0 bridgehead atoms. The zero-order chi connectivity index (χ0) is 27.4. The zero-order valence-corrected chi connectivity index (χ0v) is 22.2. The molecule has 39 heavy (non-hydrogen) atoms. The van der Waals surface area contributed by atoms with E-state index in [0.717, 1.165) is 34.7 Å². The van der Waals surface area contributed by atoms with E-state index in [-0.39, 0.29) is 30.1 Å². The molecule has 0 aliphatic carbocycles. The number of hydrogen-bond acceptors (Lipinski definition) is 5. The fourth-order valence-corrected chi connectivity index (χ4v) is 5.29. The molecule has 1 saturated heterocycles. The highest BCUT2D eigenvalue weighted by Gasteiger charge is 2.41. The summed E-state index contributed by atoms with van der Waals surface area (Å²) in [5.41, 5.74) is 4.46. The molecule has 2 atom stereocenters. The number of amides is 1. The molecule has 0 radical (unpaired) electrons. The lowest BCUT2D eigenvalue weighted by molar-refractivity contribution is -0.384. The van der Waals surface area contributed by atoms with E-state index in [0.29, 0.717) is 11.7 Å². The van der Waals surface area contributed by atoms with Crippen molar-refractivity contribution in [3.63, 3.8) is 0 Å². The summed E-state index contributed by atoms with van der Waals surface area (Å²) in [5, 5.41) is 18.2. The van der Waals surface area contributed by atoms with Crippen molar-refractivity contribution >= 4 is 34.6 Å². The summed E-state index contributed by atoms with van der Waals surface area (Å²) >= 11 is 5.77. The number of aryl methyl sites for hydroxylation is 1. The maximum atomic E-state index is 13.0. The smallest absolute Gasteiger partial charge is 0.269 e. The fraction of sp³-hybridized carbons (Fsp3) is 0.207. The van der Waals surface area contributed by atoms with E-state index in [2.05, 4.69) is 22.5 Å². The first-order valence-corrected chi connectivity index (χ1v) is 13.1. The van der Waals surface area contributed by atoms with Crippen LogP contribution >= 0.6 is 12.2 Å². The van der Waals surface area contributed by atoms with Gasteiger partial charge in [-0.2, -0.15) is 0 Å². The molecule has 5 rings (SSSR count). The van der Waals surface area contributed by atoms with E-state index in [9.17, 15) is 14.9 Å². The molecule has 1 fully saturated rings. The molecule has 2 aromatic carbocycles. The third-order valence-corrected chi connectivity index (χ3v) is 7.22. The van der Waals surface area contributed by atoms with Gasteiger partial charge in [0, 0.05) is 54.6 Å². The van der Waals surface area contributed by atoms with Crippen molar-refractivity contribution in [3.05, 3.63) is 118 Å². The Kier molecular flexibility index (Phi) is 7.64. The predicted octanol–water partition coefficient (Wildman–Crippen LogP) is 5.34. The quantitative estimate of drug-likeness (QED) is 0.168. The van der Waals surface area contributed by atoms with E-state index in [1.54, 1.807) is 18.3 Å². The molecular weight excluding hydrogens is 512 g/mol. The van der Waals surface area contributed by atoms with Gasteiger partial charge in [-0.1, -0.05) is 31.2 Å². The van der Waals surface area contributed by atoms with Gasteiger partial charge in [0.25, 0.3) is 5.69 Å². The molecule has 2 aromatic heterocycles. The lowest BCUT2D eigenvalue weighted by Gasteiger charge is -2.29. The Bertz CT molecular complexity index is 1490. The molecule has 198 valence electrons. The highest BCUT2D eigenvalue weighted by Crippen LogP contribution is 2.39. The minimum atomic E-state index is -0.414. The number of carbonyl (C=O) groups is 1. The summed E-state index contributed by atoms with van der Waals surface area (Å²) < 4.78 is 1.99. The molecule has 3 heterocycles. The van der Waals surface area contributed by atoms with Crippen molar-refractivity contribution in [3.8, 4) is 5.69 Å². The molecule has 2 N–H and O–H groups in total. The monoisotopic (exact) mass is 540 g/mol. The third-order valence-electron chi connectivity index (χ3n) is 6.87. The Morgan fingerprint density at radius 1 is 1.08 bits per heavy atom. The van der Waals surface area contributed by atoms with Crippen LogP contribution in [0.5, 0.6) is 0 Å². The second kappa shape index (κ2) is 11.4. The third kappa shape index (κ3) is 5.51. The molecule has 0 saturated carbocycles. The predicted molar refractivity (Wildman–Crippen MR) is 154 cm³/mol. The molecule has 9 nitrogen and oxygen atoms in total. The van der Waals surface area contributed by atoms with E-state index in [1.807, 2.05) is 70.3 Å². The van der Waals surface area contributed by atoms with Gasteiger partial charge < -0.3 is 20.1 Å². The van der Waals surface area contributed by atoms with E-state index >= 15 is 0 Å². The summed E-state index contributed by atoms with van der Waals surface area (Å²) in [6.45, 7) is 2.45. The first-order chi connectivity index (χ1) is 19.0. The van der Waals surface area contributed by atoms with E-state index in [1.165, 1.54) is 12.1 Å². The van der Waals surface area contributed by atoms with E-state index in [4.69, 9.17) is 12.2 Å². The molecule has 10 heteroatoms. The first kappa shape index (κ1) is 26.1. The standard InChI is InChI=1S/C29H28N6O3S/c1-2-20-8-3-4-9-23(20)31-26(36)16-19-34-28(27(32-29(34)39)24-10-5-6-17-30-24)25-11-7-18-33(25)21-12-14-22(15-13-21)35(37)38/h3-15,17-18,27-28H,2,16,19H2,1H3,(H,31,36)(H,32,39)/t27-,28-/m1/s1. The zero-order valence-electron chi connectivity index (χ0n) is 21.4. The van der Waals surface area contributed by atoms with Gasteiger partial charge in [-0.3, -0.25) is 19.9 Å². The largest absolute Gasteiger partial charge is 0.352 e. The number of para-hydroxylation sites is 1. The minimum Gasteiger partial charge on any atom is -0.352 e. The van der Waals surface area contributed by atoms with Crippen LogP contribution in [0.2, 0.25) is 0 Å². The summed E-state index contributed by atoms with van der Waals surface area (Å²) in [4.78, 5) is 30.3. The number of carbonyl (C=O) groups excluding carboxylic acids is 1. The minimum absolute atomic E-state index is 0.0276. The van der Waals surface area contributed by atoms with Crippen LogP contribution in [0.3, 0.4) is 0 Å². The normalized spacial score (nSPS) is 16.6. The van der Waals surface area contributed by atoms with Crippen LogP contribution in [0.4, 0.5) is 11.4 Å². The molecule has 4 aromatic rings. The van der Waals surface area contributed by atoms with Gasteiger partial charge in [-0.15, -0.1) is 0 Å². The first-order valence-electron chi connectivity index (χ1n) is 12.7. The number of non-ortho nitro benzene ring substituents is 1. The van der Waals surface area contributed by atoms with Crippen molar-refractivity contribution < 1.29 is 9.72 Å². The van der Waals surface area contributed by atoms with E-state index < -0.39 is 4.92 Å². The molecule has 1 amide bonds. The Hall–Kier alpha value is -4.57. The number of pyridine rings is 1. The van der Waals surface area contributed by atoms with Crippen LogP contribution in [-0.4, -0.2) is 36.9 Å². The number of nitrogens with zero attached hydrogens (tertiary/aromatic N) is 4. The van der Waals surface area contributed by atoms with Crippen LogP contribution < -0.4 is 10.6 Å². The molecule has 1 aliphatic heterocycles. The van der Waals surface area contributed by atoms with Crippen molar-refractivity contribution in [1.29, 1.82) is 0 Å². The second-order valence-electron chi connectivity index (χ2n) is 9.21. The number of anilines is 1. The Morgan fingerprint density at radius 3 is 2.56 bits per heavy atom. The van der Waals surface area contributed by atoms with Crippen LogP contribution in [0.1, 0.15) is 42.4 Å². The average Bonchev–Trinajstić information content (AvgIpc) is 3.57. The Balaban J connectivity index is 1.44. The van der Waals surface area contributed by atoms with Gasteiger partial charge in [0.15, 0.2) is 5.11 Å². The fourth-order valence-electron chi connectivity index (χ4n) is 4.96. The van der Waals surface area contributed by atoms with Gasteiger partial charge in [0.05, 0.1) is 22.7 Å². The number of nitrogens with one attached hydrogen (secondary N) is 2. The van der Waals surface area contributed by atoms with Crippen molar-refractivity contribution in [2.45, 2.75) is 31.8 Å². The maximum absolute atomic E-state index is 13.0. The van der Waals surface area contributed by atoms with Gasteiger partial charge in [0.2, 0.25) is 5.91 Å². The SMILES string of the molecule is CCc1ccccc1NC(=O)CCN1C(=S)N[C@H](c2ccccn2)[C@H]1c1cccn1-c1ccc([N+](=O)[O-])cc1. The van der Waals surface area contributed by atoms with Crippen LogP contribution in [-0.2, 0) is 11.2 Å². The lowest BCUT2D eigenvalue weighted by Crippen LogP contribution is -2.33. The molecular formula is C29H28N6O3S. The van der Waals surface area contributed by atoms with Crippen molar-refractivity contribution in [2.75, 3.05) is 11.9 Å². The summed E-state index contributed by atoms with van der Waals surface area (Å²) in [6.07, 6.45) is 4.72. The van der Waals surface area contributed by atoms with Crippen LogP contribution in [0, 0.1) is 10.1 Å². The topological polar surface area (TPSA) is 105 Å². The number of nitro groups is 1. The number of hydrogen-bond donors (Lipinski definition) is 2. The maximum Gasteiger partial charge on any atom is 0.269 e. The molecule has 1 aliphatic rings. The molecule has 0 unspecified atom stereocenters. The number of nitro benzene ring substituents is 1. The summed E-state index contributed by atoms with van der Waals surface area (Å²) in [7, 11) is 0. The number of rotatable bonds is 9. The highest BCUT2D eigenvalue weighted by atomic mass is 32.1. The second-order valence-corrected chi connectivity index (χ2v) is 9.59. The lowest BCUT2D eigenvalue weighted by atomic mass is 10.0. The van der Waals surface area contributed by atoms with Crippen molar-refractivity contribution in [1.82, 2.24) is 19.8 Å². The van der Waals surface area contributed by atoms with Gasteiger partial charge >= 0.3 is 0 Å². The number of benzene rings is 2. The van der Waals surface area contributed by atoms with Crippen LogP contribution in [0.15, 0.2) is 91.3 Å². The van der Waals surface area contributed by atoms with Gasteiger partial charge in [-0.05, 0) is 66.7 Å². The Labute approximate surface area is 231 Å². The summed E-state index contributed by atoms with van der Waals surface area (Å²) in [6, 6.07) is 23.4. The van der Waals surface area contributed by atoms with Crippen LogP contribution in [0.25, 0.3) is 5.69 Å². The number of thiocarbonyl (C=S) groups is 1. The highest BCUT2D eigenvalue weighted by molar-refractivity contribution is 7.80. The number of aromatic nitrogens is 2. The average molecular weight is 541 g/mol. The van der Waals surface area contributed by atoms with Crippen molar-refractivity contribution in [2.24, 2.45) is 0 Å². The molecule has 0 spiro atoms. The Morgan fingerprint density at radius 2 is 1.85 bits per heavy atom. The summed E-state index contributed by atoms with van der Waals surface area (Å²) in [5.74, 6) is -0.0931.